The summed E-state index contributed by atoms with van der Waals surface area (Å²) < 4.78 is 13.0. The molecular weight excluding hydrogens is 327 g/mol. The molecule has 1 saturated heterocycles. The van der Waals surface area contributed by atoms with E-state index in [0.29, 0.717) is 25.1 Å². The molecule has 2 rings (SSSR count). The summed E-state index contributed by atoms with van der Waals surface area (Å²) in [5.41, 5.74) is 0.546. The van der Waals surface area contributed by atoms with Crippen molar-refractivity contribution in [1.29, 1.82) is 0 Å². The average Bonchev–Trinajstić information content (AvgIpc) is 2.93. The van der Waals surface area contributed by atoms with Crippen molar-refractivity contribution in [3.8, 4) is 0 Å². The predicted molar refractivity (Wildman–Crippen MR) is 90.5 cm³/mol. The van der Waals surface area contributed by atoms with Crippen LogP contribution in [0.4, 0.5) is 10.1 Å². The zero-order valence-electron chi connectivity index (χ0n) is 14.4. The number of nitrogens with one attached hydrogen (secondary N) is 1. The van der Waals surface area contributed by atoms with Crippen LogP contribution in [-0.2, 0) is 14.4 Å². The van der Waals surface area contributed by atoms with Crippen LogP contribution in [0.15, 0.2) is 24.3 Å². The fraction of sp³-hybridized carbons (Fsp3) is 0.500. The third kappa shape index (κ3) is 4.78. The van der Waals surface area contributed by atoms with Gasteiger partial charge in [0.15, 0.2) is 0 Å². The molecule has 1 fully saturated rings. The second-order valence-electron chi connectivity index (χ2n) is 6.72. The fourth-order valence-corrected chi connectivity index (χ4v) is 2.99. The maximum Gasteiger partial charge on any atom is 0.308 e. The van der Waals surface area contributed by atoms with Crippen molar-refractivity contribution in [2.24, 2.45) is 17.8 Å². The first kappa shape index (κ1) is 18.9. The van der Waals surface area contributed by atoms with Gasteiger partial charge in [0.05, 0.1) is 5.92 Å². The Labute approximate surface area is 146 Å². The van der Waals surface area contributed by atoms with Gasteiger partial charge in [0.1, 0.15) is 11.7 Å². The molecule has 1 aliphatic heterocycles. The van der Waals surface area contributed by atoms with Crippen LogP contribution in [0.5, 0.6) is 0 Å². The molecule has 0 saturated carbocycles. The van der Waals surface area contributed by atoms with Gasteiger partial charge in [-0.1, -0.05) is 13.8 Å². The van der Waals surface area contributed by atoms with Crippen molar-refractivity contribution >= 4 is 23.5 Å². The Balaban J connectivity index is 1.95. The maximum absolute atomic E-state index is 13.0. The van der Waals surface area contributed by atoms with Gasteiger partial charge in [-0.05, 0) is 43.0 Å². The number of nitrogens with zero attached hydrogens (tertiary/aromatic N) is 1. The third-order valence-electron chi connectivity index (χ3n) is 4.29. The van der Waals surface area contributed by atoms with E-state index in [2.05, 4.69) is 5.32 Å². The number of rotatable bonds is 7. The predicted octanol–water partition coefficient (Wildman–Crippen LogP) is 2.04. The summed E-state index contributed by atoms with van der Waals surface area (Å²) in [4.78, 5) is 37.4. The van der Waals surface area contributed by atoms with Crippen molar-refractivity contribution in [1.82, 2.24) is 5.32 Å². The van der Waals surface area contributed by atoms with Gasteiger partial charge in [-0.15, -0.1) is 0 Å². The Hall–Kier alpha value is -2.44. The van der Waals surface area contributed by atoms with Crippen molar-refractivity contribution in [2.75, 3.05) is 18.0 Å². The van der Waals surface area contributed by atoms with E-state index in [1.807, 2.05) is 13.8 Å². The summed E-state index contributed by atoms with van der Waals surface area (Å²) in [7, 11) is 0. The normalized spacial score (nSPS) is 18.5. The zero-order valence-corrected chi connectivity index (χ0v) is 14.4. The number of aliphatic carboxylic acids is 1. The lowest BCUT2D eigenvalue weighted by Crippen LogP contribution is -2.40. The van der Waals surface area contributed by atoms with E-state index in [1.165, 1.54) is 29.2 Å². The summed E-state index contributed by atoms with van der Waals surface area (Å²) in [6.07, 6.45) is 0.805. The van der Waals surface area contributed by atoms with Gasteiger partial charge >= 0.3 is 5.97 Å². The number of carboxylic acids is 1. The molecule has 0 aromatic heterocycles. The molecule has 0 bridgehead atoms. The molecule has 6 nitrogen and oxygen atoms in total. The molecule has 2 unspecified atom stereocenters. The number of carbonyl (C=O) groups is 3. The molecule has 0 spiro atoms. The topological polar surface area (TPSA) is 86.7 Å². The van der Waals surface area contributed by atoms with Crippen LogP contribution in [-0.4, -0.2) is 36.0 Å². The molecule has 25 heavy (non-hydrogen) atoms. The Morgan fingerprint density at radius 3 is 2.52 bits per heavy atom. The summed E-state index contributed by atoms with van der Waals surface area (Å²) >= 11 is 0. The van der Waals surface area contributed by atoms with E-state index < -0.39 is 29.5 Å². The van der Waals surface area contributed by atoms with Crippen molar-refractivity contribution in [3.05, 3.63) is 30.1 Å². The number of benzene rings is 1. The average molecular weight is 350 g/mol. The van der Waals surface area contributed by atoms with E-state index in [-0.39, 0.29) is 18.4 Å². The van der Waals surface area contributed by atoms with Crippen molar-refractivity contribution in [3.63, 3.8) is 0 Å². The van der Waals surface area contributed by atoms with E-state index in [1.54, 1.807) is 0 Å². The van der Waals surface area contributed by atoms with Crippen LogP contribution < -0.4 is 10.2 Å². The van der Waals surface area contributed by atoms with Gasteiger partial charge in [-0.25, -0.2) is 4.39 Å². The molecule has 2 atom stereocenters. The van der Waals surface area contributed by atoms with Crippen molar-refractivity contribution in [2.45, 2.75) is 26.7 Å². The first-order chi connectivity index (χ1) is 11.8. The summed E-state index contributed by atoms with van der Waals surface area (Å²) in [5.74, 6) is -3.47. The van der Waals surface area contributed by atoms with E-state index in [9.17, 15) is 23.9 Å². The van der Waals surface area contributed by atoms with Gasteiger partial charge in [0.2, 0.25) is 11.8 Å². The monoisotopic (exact) mass is 350 g/mol. The zero-order chi connectivity index (χ0) is 18.6. The number of carboxylic acid groups (broad SMARTS) is 1. The number of hydrogen-bond donors (Lipinski definition) is 2. The summed E-state index contributed by atoms with van der Waals surface area (Å²) in [6.45, 7) is 4.21. The van der Waals surface area contributed by atoms with Crippen LogP contribution >= 0.6 is 0 Å². The first-order valence-corrected chi connectivity index (χ1v) is 8.37. The van der Waals surface area contributed by atoms with E-state index >= 15 is 0 Å². The van der Waals surface area contributed by atoms with E-state index in [4.69, 9.17) is 0 Å². The fourth-order valence-electron chi connectivity index (χ4n) is 2.99. The molecule has 1 heterocycles. The summed E-state index contributed by atoms with van der Waals surface area (Å²) in [6, 6.07) is 5.52. The van der Waals surface area contributed by atoms with E-state index in [0.717, 1.165) is 0 Å². The third-order valence-corrected chi connectivity index (χ3v) is 4.29. The Morgan fingerprint density at radius 1 is 1.32 bits per heavy atom. The number of anilines is 1. The first-order valence-electron chi connectivity index (χ1n) is 8.37. The minimum absolute atomic E-state index is 0.00662. The standard InChI is InChI=1S/C18H23FN2O4/c1-11(2)9-12(18(24)25)10-20-16(22)15-7-8-21(17(15)23)14-5-3-13(19)4-6-14/h3-6,11-12,15H,7-10H2,1-2H3,(H,20,22)(H,24,25). The van der Waals surface area contributed by atoms with Crippen LogP contribution in [0.2, 0.25) is 0 Å². The quantitative estimate of drug-likeness (QED) is 0.737. The minimum Gasteiger partial charge on any atom is -0.481 e. The smallest absolute Gasteiger partial charge is 0.308 e. The highest BCUT2D eigenvalue weighted by Gasteiger charge is 2.37. The SMILES string of the molecule is CC(C)CC(CNC(=O)C1CCN(c2ccc(F)cc2)C1=O)C(=O)O. The molecule has 0 aliphatic carbocycles. The van der Waals surface area contributed by atoms with Gasteiger partial charge in [-0.3, -0.25) is 14.4 Å². The summed E-state index contributed by atoms with van der Waals surface area (Å²) in [5, 5.41) is 11.8. The van der Waals surface area contributed by atoms with Crippen LogP contribution in [0, 0.1) is 23.6 Å². The molecule has 1 aromatic rings. The number of carbonyl (C=O) groups excluding carboxylic acids is 2. The highest BCUT2D eigenvalue weighted by molar-refractivity contribution is 6.09. The van der Waals surface area contributed by atoms with Crippen LogP contribution in [0.1, 0.15) is 26.7 Å². The molecule has 1 aliphatic rings. The second kappa shape index (κ2) is 8.09. The molecular formula is C18H23FN2O4. The van der Waals surface area contributed by atoms with Gasteiger partial charge in [-0.2, -0.15) is 0 Å². The maximum atomic E-state index is 13.0. The molecule has 2 N–H and O–H groups in total. The minimum atomic E-state index is -0.959. The molecule has 136 valence electrons. The molecule has 1 aromatic carbocycles. The highest BCUT2D eigenvalue weighted by atomic mass is 19.1. The number of halogens is 1. The van der Waals surface area contributed by atoms with Gasteiger partial charge in [0, 0.05) is 18.8 Å². The lowest BCUT2D eigenvalue weighted by Gasteiger charge is -2.18. The molecule has 2 amide bonds. The lowest BCUT2D eigenvalue weighted by molar-refractivity contribution is -0.142. The number of hydrogen-bond acceptors (Lipinski definition) is 3. The Kier molecular flexibility index (Phi) is 6.12. The van der Waals surface area contributed by atoms with Gasteiger partial charge in [0.25, 0.3) is 0 Å². The lowest BCUT2D eigenvalue weighted by atomic mass is 9.97. The molecule has 0 radical (unpaired) electrons. The van der Waals surface area contributed by atoms with Crippen LogP contribution in [0.25, 0.3) is 0 Å². The van der Waals surface area contributed by atoms with Gasteiger partial charge < -0.3 is 15.3 Å². The van der Waals surface area contributed by atoms with Crippen molar-refractivity contribution < 1.29 is 23.9 Å². The van der Waals surface area contributed by atoms with Crippen LogP contribution in [0.3, 0.4) is 0 Å². The highest BCUT2D eigenvalue weighted by Crippen LogP contribution is 2.25. The largest absolute Gasteiger partial charge is 0.481 e. The Bertz CT molecular complexity index is 645. The Morgan fingerprint density at radius 2 is 1.96 bits per heavy atom. The second-order valence-corrected chi connectivity index (χ2v) is 6.72. The molecule has 7 heteroatoms. The number of amides is 2.